The third-order valence-electron chi connectivity index (χ3n) is 3.84. The van der Waals surface area contributed by atoms with Crippen molar-refractivity contribution in [3.63, 3.8) is 0 Å². The molecule has 1 aliphatic rings. The summed E-state index contributed by atoms with van der Waals surface area (Å²) in [5.74, 6) is 0. The van der Waals surface area contributed by atoms with Gasteiger partial charge in [0.1, 0.15) is 0 Å². The van der Waals surface area contributed by atoms with Crippen molar-refractivity contribution < 1.29 is 4.57 Å². The highest BCUT2D eigenvalue weighted by Gasteiger charge is 2.23. The van der Waals surface area contributed by atoms with E-state index in [9.17, 15) is 0 Å². The summed E-state index contributed by atoms with van der Waals surface area (Å²) in [6.45, 7) is 1.08. The maximum absolute atomic E-state index is 2.44. The van der Waals surface area contributed by atoms with E-state index in [0.717, 1.165) is 13.0 Å². The number of rotatable bonds is 0. The van der Waals surface area contributed by atoms with E-state index in [1.807, 2.05) is 0 Å². The topological polar surface area (TPSA) is 3.88 Å². The Morgan fingerprint density at radius 3 is 2.61 bits per heavy atom. The van der Waals surface area contributed by atoms with Crippen LogP contribution in [0.4, 0.5) is 0 Å². The quantitative estimate of drug-likeness (QED) is 0.523. The number of hydrogen-bond acceptors (Lipinski definition) is 0. The lowest BCUT2D eigenvalue weighted by atomic mass is 9.96. The summed E-state index contributed by atoms with van der Waals surface area (Å²) in [6.07, 6.45) is 1.13. The first-order chi connectivity index (χ1) is 8.93. The molecule has 1 nitrogen and oxygen atoms in total. The average molecular weight is 232 g/mol. The molecule has 0 spiro atoms. The number of benzene rings is 2. The smallest absolute Gasteiger partial charge is 0.191 e. The van der Waals surface area contributed by atoms with Crippen molar-refractivity contribution in [1.29, 1.82) is 0 Å². The van der Waals surface area contributed by atoms with Gasteiger partial charge in [-0.25, -0.2) is 0 Å². The summed E-state index contributed by atoms with van der Waals surface area (Å²) in [4.78, 5) is 0. The highest BCUT2D eigenvalue weighted by Crippen LogP contribution is 2.26. The van der Waals surface area contributed by atoms with E-state index in [1.165, 1.54) is 27.7 Å². The van der Waals surface area contributed by atoms with Crippen LogP contribution >= 0.6 is 0 Å². The summed E-state index contributed by atoms with van der Waals surface area (Å²) >= 11 is 0. The molecular formula is C17H14N+. The average Bonchev–Trinajstić information content (AvgIpc) is 2.46. The van der Waals surface area contributed by atoms with Crippen LogP contribution in [0.1, 0.15) is 5.56 Å². The third kappa shape index (κ3) is 1.31. The van der Waals surface area contributed by atoms with Crippen LogP contribution in [-0.2, 0) is 13.0 Å². The summed E-state index contributed by atoms with van der Waals surface area (Å²) in [5, 5.41) is 1.32. The molecule has 18 heavy (non-hydrogen) atoms. The minimum absolute atomic E-state index is 1.08. The van der Waals surface area contributed by atoms with Crippen molar-refractivity contribution in [3.8, 4) is 11.3 Å². The van der Waals surface area contributed by atoms with Crippen LogP contribution in [0, 0.1) is 0 Å². The summed E-state index contributed by atoms with van der Waals surface area (Å²) in [5.41, 5.74) is 5.53. The lowest BCUT2D eigenvalue weighted by Gasteiger charge is -2.15. The van der Waals surface area contributed by atoms with E-state index in [-0.39, 0.29) is 0 Å². The number of nitrogens with zero attached hydrogens (tertiary/aromatic N) is 1. The fourth-order valence-electron chi connectivity index (χ4n) is 2.96. The molecule has 4 rings (SSSR count). The van der Waals surface area contributed by atoms with Crippen molar-refractivity contribution in [2.45, 2.75) is 13.0 Å². The predicted molar refractivity (Wildman–Crippen MR) is 73.3 cm³/mol. The molecule has 1 aromatic heterocycles. The summed E-state index contributed by atoms with van der Waals surface area (Å²) in [6, 6.07) is 21.8. The Hall–Kier alpha value is -2.15. The van der Waals surface area contributed by atoms with E-state index >= 15 is 0 Å². The maximum Gasteiger partial charge on any atom is 0.213 e. The van der Waals surface area contributed by atoms with Crippen LogP contribution in [0.3, 0.4) is 0 Å². The van der Waals surface area contributed by atoms with E-state index in [1.54, 1.807) is 0 Å². The van der Waals surface area contributed by atoms with Gasteiger partial charge in [-0.1, -0.05) is 30.3 Å². The van der Waals surface area contributed by atoms with Gasteiger partial charge >= 0.3 is 0 Å². The zero-order valence-electron chi connectivity index (χ0n) is 10.1. The first-order valence-electron chi connectivity index (χ1n) is 6.43. The van der Waals surface area contributed by atoms with Crippen molar-refractivity contribution in [3.05, 3.63) is 66.2 Å². The highest BCUT2D eigenvalue weighted by atomic mass is 15.0. The Labute approximate surface area is 106 Å². The van der Waals surface area contributed by atoms with Crippen LogP contribution in [-0.4, -0.2) is 0 Å². The molecule has 0 radical (unpaired) electrons. The second-order valence-corrected chi connectivity index (χ2v) is 4.84. The molecule has 0 aliphatic carbocycles. The molecule has 0 amide bonds. The fraction of sp³-hybridized carbons (Fsp3) is 0.118. The molecule has 0 fully saturated rings. The van der Waals surface area contributed by atoms with Crippen molar-refractivity contribution in [1.82, 2.24) is 0 Å². The van der Waals surface area contributed by atoms with E-state index < -0.39 is 0 Å². The number of fused-ring (bicyclic) bond motifs is 5. The minimum Gasteiger partial charge on any atom is -0.191 e. The molecule has 0 atom stereocenters. The van der Waals surface area contributed by atoms with Crippen LogP contribution in [0.25, 0.3) is 22.2 Å². The monoisotopic (exact) mass is 232 g/mol. The van der Waals surface area contributed by atoms with Gasteiger partial charge in [-0.3, -0.25) is 0 Å². The van der Waals surface area contributed by atoms with Crippen LogP contribution < -0.4 is 4.57 Å². The Bertz CT molecular complexity index is 743. The van der Waals surface area contributed by atoms with E-state index in [0.29, 0.717) is 0 Å². The molecular weight excluding hydrogens is 218 g/mol. The molecule has 3 aromatic rings. The summed E-state index contributed by atoms with van der Waals surface area (Å²) < 4.78 is 2.44. The Morgan fingerprint density at radius 1 is 0.778 bits per heavy atom. The van der Waals surface area contributed by atoms with Gasteiger partial charge in [-0.2, -0.15) is 4.57 Å². The Balaban J connectivity index is 2.09. The van der Waals surface area contributed by atoms with Crippen LogP contribution in [0.2, 0.25) is 0 Å². The fourth-order valence-corrected chi connectivity index (χ4v) is 2.96. The molecule has 0 saturated carbocycles. The third-order valence-corrected chi connectivity index (χ3v) is 3.84. The van der Waals surface area contributed by atoms with Gasteiger partial charge < -0.3 is 0 Å². The first kappa shape index (κ1) is 9.84. The van der Waals surface area contributed by atoms with Crippen molar-refractivity contribution >= 4 is 10.9 Å². The normalized spacial score (nSPS) is 13.1. The molecule has 1 heteroatoms. The van der Waals surface area contributed by atoms with E-state index in [2.05, 4.69) is 65.2 Å². The molecule has 0 unspecified atom stereocenters. The number of aromatic nitrogens is 1. The largest absolute Gasteiger partial charge is 0.213 e. The van der Waals surface area contributed by atoms with E-state index in [4.69, 9.17) is 0 Å². The molecule has 0 N–H and O–H groups in total. The molecule has 86 valence electrons. The number of pyridine rings is 1. The molecule has 1 aliphatic heterocycles. The minimum atomic E-state index is 1.08. The highest BCUT2D eigenvalue weighted by molar-refractivity contribution is 5.78. The zero-order chi connectivity index (χ0) is 11.9. The Morgan fingerprint density at radius 2 is 1.61 bits per heavy atom. The van der Waals surface area contributed by atoms with Gasteiger partial charge in [0.15, 0.2) is 6.54 Å². The number of aryl methyl sites for hydroxylation is 2. The van der Waals surface area contributed by atoms with Gasteiger partial charge in [0.05, 0.1) is 0 Å². The van der Waals surface area contributed by atoms with Gasteiger partial charge in [-0.05, 0) is 23.8 Å². The lowest BCUT2D eigenvalue weighted by Crippen LogP contribution is -2.40. The molecule has 2 heterocycles. The van der Waals surface area contributed by atoms with Crippen molar-refractivity contribution in [2.75, 3.05) is 0 Å². The van der Waals surface area contributed by atoms with Crippen LogP contribution in [0.5, 0.6) is 0 Å². The molecule has 0 bridgehead atoms. The lowest BCUT2D eigenvalue weighted by molar-refractivity contribution is -0.661. The van der Waals surface area contributed by atoms with Crippen molar-refractivity contribution in [2.24, 2.45) is 0 Å². The SMILES string of the molecule is c1ccc2c(c1)CC[n+]1c-2ccc2ccccc21. The van der Waals surface area contributed by atoms with Gasteiger partial charge in [-0.15, -0.1) is 0 Å². The van der Waals surface area contributed by atoms with Gasteiger partial charge in [0, 0.05) is 29.5 Å². The zero-order valence-corrected chi connectivity index (χ0v) is 10.1. The molecule has 0 saturated heterocycles. The standard InChI is InChI=1S/C17H14N/c1-3-7-15-13(5-1)11-12-18-16-8-4-2-6-14(16)9-10-17(15)18/h1-10H,11-12H2/q+1. The maximum atomic E-state index is 2.44. The summed E-state index contributed by atoms with van der Waals surface area (Å²) in [7, 11) is 0. The second kappa shape index (κ2) is 3.67. The van der Waals surface area contributed by atoms with Gasteiger partial charge in [0.2, 0.25) is 11.2 Å². The first-order valence-corrected chi connectivity index (χ1v) is 6.43. The van der Waals surface area contributed by atoms with Crippen LogP contribution in [0.15, 0.2) is 60.7 Å². The Kier molecular flexibility index (Phi) is 2.01. The number of para-hydroxylation sites is 1. The predicted octanol–water partition coefficient (Wildman–Crippen LogP) is 3.35. The number of hydrogen-bond donors (Lipinski definition) is 0. The second-order valence-electron chi connectivity index (χ2n) is 4.84. The van der Waals surface area contributed by atoms with Gasteiger partial charge in [0.25, 0.3) is 0 Å². The molecule has 2 aromatic carbocycles.